The smallest absolute Gasteiger partial charge is 0.123 e. The summed E-state index contributed by atoms with van der Waals surface area (Å²) >= 11 is 0. The van der Waals surface area contributed by atoms with Crippen molar-refractivity contribution in [2.75, 3.05) is 18.5 Å². The number of para-hydroxylation sites is 1. The van der Waals surface area contributed by atoms with Crippen LogP contribution in [0.1, 0.15) is 25.4 Å². The van der Waals surface area contributed by atoms with Gasteiger partial charge in [-0.2, -0.15) is 0 Å². The summed E-state index contributed by atoms with van der Waals surface area (Å²) in [7, 11) is 2.08. The lowest BCUT2D eigenvalue weighted by Gasteiger charge is -2.17. The van der Waals surface area contributed by atoms with E-state index in [0.29, 0.717) is 5.92 Å². The van der Waals surface area contributed by atoms with Gasteiger partial charge in [0.05, 0.1) is 13.1 Å². The lowest BCUT2D eigenvalue weighted by atomic mass is 10.2. The van der Waals surface area contributed by atoms with Crippen molar-refractivity contribution in [3.63, 3.8) is 0 Å². The van der Waals surface area contributed by atoms with Crippen LogP contribution < -0.4 is 10.2 Å². The van der Waals surface area contributed by atoms with Crippen molar-refractivity contribution in [1.82, 2.24) is 5.32 Å². The zero-order valence-electron chi connectivity index (χ0n) is 12.6. The summed E-state index contributed by atoms with van der Waals surface area (Å²) in [4.78, 5) is 2.18. The van der Waals surface area contributed by atoms with Gasteiger partial charge in [0.25, 0.3) is 0 Å². The molecule has 0 radical (unpaired) electrons. The Balaban J connectivity index is 1.86. The van der Waals surface area contributed by atoms with Crippen LogP contribution >= 0.6 is 0 Å². The molecule has 0 aliphatic carbocycles. The van der Waals surface area contributed by atoms with E-state index in [2.05, 4.69) is 67.5 Å². The second kappa shape index (κ2) is 7.15. The second-order valence-electron chi connectivity index (χ2n) is 5.58. The highest BCUT2D eigenvalue weighted by Crippen LogP contribution is 2.16. The van der Waals surface area contributed by atoms with Crippen molar-refractivity contribution in [2.24, 2.45) is 5.92 Å². The molecule has 3 nitrogen and oxygen atoms in total. The largest absolute Gasteiger partial charge is 0.463 e. The molecule has 0 saturated heterocycles. The Labute approximate surface area is 121 Å². The van der Waals surface area contributed by atoms with Gasteiger partial charge in [0, 0.05) is 12.7 Å². The van der Waals surface area contributed by atoms with Crippen molar-refractivity contribution in [3.05, 3.63) is 54.0 Å². The number of rotatable bonds is 7. The maximum atomic E-state index is 5.85. The minimum Gasteiger partial charge on any atom is -0.463 e. The molecule has 1 N–H and O–H groups in total. The van der Waals surface area contributed by atoms with Crippen LogP contribution in [0.5, 0.6) is 0 Å². The van der Waals surface area contributed by atoms with Crippen LogP contribution in [-0.2, 0) is 13.1 Å². The van der Waals surface area contributed by atoms with E-state index in [1.807, 2.05) is 6.07 Å². The SMILES string of the molecule is CC(C)CNCc1ccc(CN(C)c2ccccc2)o1. The summed E-state index contributed by atoms with van der Waals surface area (Å²) in [6.07, 6.45) is 0. The van der Waals surface area contributed by atoms with Gasteiger partial charge in [0.15, 0.2) is 0 Å². The first-order valence-corrected chi connectivity index (χ1v) is 7.19. The first-order valence-electron chi connectivity index (χ1n) is 7.19. The second-order valence-corrected chi connectivity index (χ2v) is 5.58. The minimum absolute atomic E-state index is 0.661. The normalized spacial score (nSPS) is 11.0. The quantitative estimate of drug-likeness (QED) is 0.833. The summed E-state index contributed by atoms with van der Waals surface area (Å²) in [5.74, 6) is 2.66. The van der Waals surface area contributed by atoms with E-state index < -0.39 is 0 Å². The molecular formula is C17H24N2O. The number of furan rings is 1. The third-order valence-corrected chi connectivity index (χ3v) is 3.16. The molecule has 0 amide bonds. The lowest BCUT2D eigenvalue weighted by molar-refractivity contribution is 0.435. The highest BCUT2D eigenvalue weighted by atomic mass is 16.3. The highest BCUT2D eigenvalue weighted by Gasteiger charge is 2.06. The fourth-order valence-electron chi connectivity index (χ4n) is 2.09. The number of anilines is 1. The number of benzene rings is 1. The number of hydrogen-bond acceptors (Lipinski definition) is 3. The van der Waals surface area contributed by atoms with E-state index in [0.717, 1.165) is 31.2 Å². The molecule has 3 heteroatoms. The topological polar surface area (TPSA) is 28.4 Å². The first-order chi connectivity index (χ1) is 9.65. The monoisotopic (exact) mass is 272 g/mol. The first kappa shape index (κ1) is 14.7. The highest BCUT2D eigenvalue weighted by molar-refractivity contribution is 5.45. The van der Waals surface area contributed by atoms with E-state index in [4.69, 9.17) is 4.42 Å². The van der Waals surface area contributed by atoms with Gasteiger partial charge >= 0.3 is 0 Å². The molecule has 0 bridgehead atoms. The number of nitrogens with zero attached hydrogens (tertiary/aromatic N) is 1. The summed E-state index contributed by atoms with van der Waals surface area (Å²) in [5.41, 5.74) is 1.20. The molecule has 1 heterocycles. The molecular weight excluding hydrogens is 248 g/mol. The van der Waals surface area contributed by atoms with Crippen LogP contribution in [0.2, 0.25) is 0 Å². The summed E-state index contributed by atoms with van der Waals surface area (Å²) in [5, 5.41) is 3.39. The van der Waals surface area contributed by atoms with Gasteiger partial charge in [-0.25, -0.2) is 0 Å². The molecule has 0 atom stereocenters. The maximum absolute atomic E-state index is 5.85. The van der Waals surface area contributed by atoms with Crippen LogP contribution in [0.25, 0.3) is 0 Å². The zero-order chi connectivity index (χ0) is 14.4. The Bertz CT molecular complexity index is 505. The van der Waals surface area contributed by atoms with E-state index in [1.165, 1.54) is 5.69 Å². The Morgan fingerprint density at radius 3 is 2.45 bits per heavy atom. The number of hydrogen-bond donors (Lipinski definition) is 1. The van der Waals surface area contributed by atoms with Crippen molar-refractivity contribution in [1.29, 1.82) is 0 Å². The minimum atomic E-state index is 0.661. The van der Waals surface area contributed by atoms with Gasteiger partial charge in [0.2, 0.25) is 0 Å². The summed E-state index contributed by atoms with van der Waals surface area (Å²) < 4.78 is 5.85. The predicted molar refractivity (Wildman–Crippen MR) is 83.8 cm³/mol. The Kier molecular flexibility index (Phi) is 5.24. The fraction of sp³-hybridized carbons (Fsp3) is 0.412. The molecule has 0 unspecified atom stereocenters. The average molecular weight is 272 g/mol. The predicted octanol–water partition coefficient (Wildman–Crippen LogP) is 3.66. The summed E-state index contributed by atoms with van der Waals surface area (Å²) in [6, 6.07) is 14.5. The molecule has 1 aromatic carbocycles. The van der Waals surface area contributed by atoms with Gasteiger partial charge in [-0.15, -0.1) is 0 Å². The van der Waals surface area contributed by atoms with Crippen molar-refractivity contribution in [2.45, 2.75) is 26.9 Å². The van der Waals surface area contributed by atoms with Gasteiger partial charge in [-0.3, -0.25) is 0 Å². The van der Waals surface area contributed by atoms with E-state index >= 15 is 0 Å². The van der Waals surface area contributed by atoms with Crippen LogP contribution in [-0.4, -0.2) is 13.6 Å². The van der Waals surface area contributed by atoms with Crippen LogP contribution in [0.4, 0.5) is 5.69 Å². The average Bonchev–Trinajstić information content (AvgIpc) is 2.87. The molecule has 1 aromatic heterocycles. The van der Waals surface area contributed by atoms with Crippen molar-refractivity contribution >= 4 is 5.69 Å². The molecule has 0 aliphatic rings. The standard InChI is InChI=1S/C17H24N2O/c1-14(2)11-18-12-16-9-10-17(20-16)13-19(3)15-7-5-4-6-8-15/h4-10,14,18H,11-13H2,1-3H3. The number of nitrogens with one attached hydrogen (secondary N) is 1. The van der Waals surface area contributed by atoms with Crippen molar-refractivity contribution < 1.29 is 4.42 Å². The Hall–Kier alpha value is -1.74. The molecule has 2 aromatic rings. The molecule has 0 aliphatic heterocycles. The summed E-state index contributed by atoms with van der Waals surface area (Å²) in [6.45, 7) is 7.01. The fourth-order valence-corrected chi connectivity index (χ4v) is 2.09. The Morgan fingerprint density at radius 2 is 1.75 bits per heavy atom. The van der Waals surface area contributed by atoms with Gasteiger partial charge in [-0.05, 0) is 36.7 Å². The maximum Gasteiger partial charge on any atom is 0.123 e. The third-order valence-electron chi connectivity index (χ3n) is 3.16. The molecule has 2 rings (SSSR count). The molecule has 0 spiro atoms. The van der Waals surface area contributed by atoms with Gasteiger partial charge in [-0.1, -0.05) is 32.0 Å². The van der Waals surface area contributed by atoms with Crippen LogP contribution in [0.3, 0.4) is 0 Å². The Morgan fingerprint density at radius 1 is 1.05 bits per heavy atom. The molecule has 20 heavy (non-hydrogen) atoms. The van der Waals surface area contributed by atoms with Gasteiger partial charge in [0.1, 0.15) is 11.5 Å². The van der Waals surface area contributed by atoms with Crippen LogP contribution in [0.15, 0.2) is 46.9 Å². The zero-order valence-corrected chi connectivity index (χ0v) is 12.6. The molecule has 0 fully saturated rings. The van der Waals surface area contributed by atoms with Crippen molar-refractivity contribution in [3.8, 4) is 0 Å². The molecule has 0 saturated carbocycles. The van der Waals surface area contributed by atoms with Gasteiger partial charge < -0.3 is 14.6 Å². The third kappa shape index (κ3) is 4.42. The van der Waals surface area contributed by atoms with E-state index in [9.17, 15) is 0 Å². The lowest BCUT2D eigenvalue weighted by Crippen LogP contribution is -2.18. The van der Waals surface area contributed by atoms with E-state index in [-0.39, 0.29) is 0 Å². The molecule has 108 valence electrons. The van der Waals surface area contributed by atoms with E-state index in [1.54, 1.807) is 0 Å². The van der Waals surface area contributed by atoms with Crippen LogP contribution in [0, 0.1) is 5.92 Å².